The normalized spacial score (nSPS) is 17.6. The first kappa shape index (κ1) is 17.5. The third-order valence-electron chi connectivity index (χ3n) is 5.22. The third-order valence-corrected chi connectivity index (χ3v) is 5.22. The monoisotopic (exact) mass is 392 g/mol. The number of aryl methyl sites for hydroxylation is 1. The van der Waals surface area contributed by atoms with Crippen molar-refractivity contribution >= 4 is 11.6 Å². The van der Waals surface area contributed by atoms with Gasteiger partial charge in [0.1, 0.15) is 0 Å². The second-order valence-corrected chi connectivity index (χ2v) is 7.16. The summed E-state index contributed by atoms with van der Waals surface area (Å²) in [5.41, 5.74) is 1.63. The van der Waals surface area contributed by atoms with Crippen LogP contribution in [0.25, 0.3) is 17.1 Å². The number of likely N-dealkylation sites (tertiary alicyclic amines) is 1. The average Bonchev–Trinajstić information content (AvgIpc) is 3.45. The molecule has 0 aromatic carbocycles. The van der Waals surface area contributed by atoms with Crippen LogP contribution in [0.2, 0.25) is 0 Å². The van der Waals surface area contributed by atoms with Crippen LogP contribution in [-0.4, -0.2) is 51.6 Å². The van der Waals surface area contributed by atoms with E-state index in [0.29, 0.717) is 29.6 Å². The molecule has 1 aliphatic rings. The van der Waals surface area contributed by atoms with E-state index < -0.39 is 0 Å². The van der Waals surface area contributed by atoms with Gasteiger partial charge >= 0.3 is 0 Å². The summed E-state index contributed by atoms with van der Waals surface area (Å²) in [4.78, 5) is 28.4. The summed E-state index contributed by atoms with van der Waals surface area (Å²) < 4.78 is 8.94. The minimum Gasteiger partial charge on any atom is -0.334 e. The van der Waals surface area contributed by atoms with E-state index in [1.54, 1.807) is 40.1 Å². The molecule has 5 heterocycles. The van der Waals surface area contributed by atoms with E-state index in [0.717, 1.165) is 31.2 Å². The molecule has 0 bridgehead atoms. The summed E-state index contributed by atoms with van der Waals surface area (Å²) in [6.45, 7) is 0.615. The lowest BCUT2D eigenvalue weighted by Crippen LogP contribution is -2.36. The van der Waals surface area contributed by atoms with Crippen molar-refractivity contribution in [1.29, 1.82) is 0 Å². The van der Waals surface area contributed by atoms with Crippen LogP contribution in [0.1, 0.15) is 48.0 Å². The molecular formula is C19H20N8O2. The summed E-state index contributed by atoms with van der Waals surface area (Å²) in [6, 6.07) is -0.267. The molecule has 1 saturated heterocycles. The molecule has 4 aromatic heterocycles. The van der Waals surface area contributed by atoms with Gasteiger partial charge in [-0.15, -0.1) is 0 Å². The van der Waals surface area contributed by atoms with Crippen LogP contribution >= 0.6 is 0 Å². The fourth-order valence-electron chi connectivity index (χ4n) is 3.78. The third kappa shape index (κ3) is 3.16. The van der Waals surface area contributed by atoms with E-state index in [9.17, 15) is 4.79 Å². The van der Waals surface area contributed by atoms with Gasteiger partial charge in [0.05, 0.1) is 17.8 Å². The maximum atomic E-state index is 13.4. The molecule has 29 heavy (non-hydrogen) atoms. The smallest absolute Gasteiger partial charge is 0.276 e. The van der Waals surface area contributed by atoms with Crippen LogP contribution in [0, 0.1) is 0 Å². The molecule has 148 valence electrons. The standard InChI is InChI=1S/C19H20N8O2/c1-25-12-13(11-22-25)18-23-16(24-29-18)14-5-3-2-4-8-27(14)19(28)15-17-21-7-10-26(17)9-6-20-15/h6-7,9-12,14H,2-5,8H2,1H3. The van der Waals surface area contributed by atoms with Crippen molar-refractivity contribution in [2.24, 2.45) is 7.05 Å². The Kier molecular flexibility index (Phi) is 4.30. The molecule has 5 rings (SSSR count). The molecule has 10 nitrogen and oxygen atoms in total. The highest BCUT2D eigenvalue weighted by Gasteiger charge is 2.33. The first-order valence-corrected chi connectivity index (χ1v) is 9.62. The number of carbonyl (C=O) groups excluding carboxylic acids is 1. The SMILES string of the molecule is Cn1cc(-c2nc(C3CCCCCN3C(=O)c3nccn4ccnc34)no2)cn1. The summed E-state index contributed by atoms with van der Waals surface area (Å²) >= 11 is 0. The minimum absolute atomic E-state index is 0.165. The highest BCUT2D eigenvalue weighted by Crippen LogP contribution is 2.31. The van der Waals surface area contributed by atoms with Gasteiger partial charge in [-0.2, -0.15) is 10.1 Å². The molecule has 1 aliphatic heterocycles. The van der Waals surface area contributed by atoms with Gasteiger partial charge < -0.3 is 13.8 Å². The van der Waals surface area contributed by atoms with Gasteiger partial charge in [-0.3, -0.25) is 9.48 Å². The summed E-state index contributed by atoms with van der Waals surface area (Å²) in [5.74, 6) is 0.744. The Morgan fingerprint density at radius 1 is 1.17 bits per heavy atom. The molecule has 1 fully saturated rings. The minimum atomic E-state index is -0.267. The number of nitrogens with zero attached hydrogens (tertiary/aromatic N) is 8. The van der Waals surface area contributed by atoms with Gasteiger partial charge in [-0.05, 0) is 12.8 Å². The highest BCUT2D eigenvalue weighted by atomic mass is 16.5. The number of imidazole rings is 1. The molecule has 0 N–H and O–H groups in total. The zero-order valence-corrected chi connectivity index (χ0v) is 16.0. The molecule has 0 aliphatic carbocycles. The van der Waals surface area contributed by atoms with Gasteiger partial charge in [0.15, 0.2) is 17.2 Å². The van der Waals surface area contributed by atoms with Crippen LogP contribution in [0.3, 0.4) is 0 Å². The van der Waals surface area contributed by atoms with E-state index >= 15 is 0 Å². The Hall–Kier alpha value is -3.56. The van der Waals surface area contributed by atoms with E-state index in [-0.39, 0.29) is 11.9 Å². The van der Waals surface area contributed by atoms with Crippen LogP contribution in [0.4, 0.5) is 0 Å². The second-order valence-electron chi connectivity index (χ2n) is 7.16. The predicted octanol–water partition coefficient (Wildman–Crippen LogP) is 2.27. The van der Waals surface area contributed by atoms with Crippen molar-refractivity contribution < 1.29 is 9.32 Å². The number of carbonyl (C=O) groups is 1. The molecule has 1 atom stereocenters. The fourth-order valence-corrected chi connectivity index (χ4v) is 3.78. The molecule has 0 spiro atoms. The van der Waals surface area contributed by atoms with Gasteiger partial charge in [-0.25, -0.2) is 9.97 Å². The second kappa shape index (κ2) is 7.12. The molecule has 4 aromatic rings. The van der Waals surface area contributed by atoms with E-state index in [4.69, 9.17) is 4.52 Å². The lowest BCUT2D eigenvalue weighted by molar-refractivity contribution is 0.0666. The number of fused-ring (bicyclic) bond motifs is 1. The molecule has 0 saturated carbocycles. The number of rotatable bonds is 3. The Morgan fingerprint density at radius 3 is 2.86 bits per heavy atom. The Labute approximate surface area is 166 Å². The number of hydrogen-bond acceptors (Lipinski definition) is 7. The fraction of sp³-hybridized carbons (Fsp3) is 0.368. The largest absolute Gasteiger partial charge is 0.334 e. The zero-order valence-electron chi connectivity index (χ0n) is 16.0. The van der Waals surface area contributed by atoms with Crippen LogP contribution in [0.15, 0.2) is 41.7 Å². The topological polar surface area (TPSA) is 107 Å². The van der Waals surface area contributed by atoms with Gasteiger partial charge in [0.25, 0.3) is 11.8 Å². The first-order valence-electron chi connectivity index (χ1n) is 9.62. The van der Waals surface area contributed by atoms with E-state index in [1.165, 1.54) is 0 Å². The van der Waals surface area contributed by atoms with Crippen molar-refractivity contribution in [3.05, 3.63) is 48.7 Å². The Morgan fingerprint density at radius 2 is 2.03 bits per heavy atom. The quantitative estimate of drug-likeness (QED) is 0.526. The van der Waals surface area contributed by atoms with Crippen LogP contribution in [0.5, 0.6) is 0 Å². The number of amides is 1. The van der Waals surface area contributed by atoms with Crippen molar-refractivity contribution in [3.8, 4) is 11.5 Å². The van der Waals surface area contributed by atoms with Crippen molar-refractivity contribution in [1.82, 2.24) is 39.2 Å². The van der Waals surface area contributed by atoms with E-state index in [1.807, 2.05) is 18.1 Å². The summed E-state index contributed by atoms with van der Waals surface area (Å²) in [6.07, 6.45) is 14.1. The predicted molar refractivity (Wildman–Crippen MR) is 102 cm³/mol. The van der Waals surface area contributed by atoms with E-state index in [2.05, 4.69) is 25.2 Å². The lowest BCUT2D eigenvalue weighted by Gasteiger charge is -2.27. The maximum absolute atomic E-state index is 13.4. The van der Waals surface area contributed by atoms with Gasteiger partial charge in [-0.1, -0.05) is 18.0 Å². The van der Waals surface area contributed by atoms with Crippen molar-refractivity contribution in [2.45, 2.75) is 31.7 Å². The molecule has 1 unspecified atom stereocenters. The van der Waals surface area contributed by atoms with Gasteiger partial charge in [0, 0.05) is 44.6 Å². The molecule has 1 amide bonds. The maximum Gasteiger partial charge on any atom is 0.276 e. The van der Waals surface area contributed by atoms with Crippen molar-refractivity contribution in [3.63, 3.8) is 0 Å². The van der Waals surface area contributed by atoms with Crippen LogP contribution < -0.4 is 0 Å². The van der Waals surface area contributed by atoms with Gasteiger partial charge in [0.2, 0.25) is 0 Å². The Bertz CT molecular complexity index is 1160. The summed E-state index contributed by atoms with van der Waals surface area (Å²) in [7, 11) is 1.83. The number of aromatic nitrogens is 7. The first-order chi connectivity index (χ1) is 14.2. The van der Waals surface area contributed by atoms with Crippen LogP contribution in [-0.2, 0) is 7.05 Å². The molecule has 0 radical (unpaired) electrons. The highest BCUT2D eigenvalue weighted by molar-refractivity contribution is 5.98. The average molecular weight is 392 g/mol. The molecular weight excluding hydrogens is 372 g/mol. The molecule has 10 heteroatoms. The number of hydrogen-bond donors (Lipinski definition) is 0. The van der Waals surface area contributed by atoms with Crippen molar-refractivity contribution in [2.75, 3.05) is 6.54 Å². The Balaban J connectivity index is 1.50. The zero-order chi connectivity index (χ0) is 19.8. The summed E-state index contributed by atoms with van der Waals surface area (Å²) in [5, 5.41) is 8.33. The lowest BCUT2D eigenvalue weighted by atomic mass is 10.1.